The van der Waals surface area contributed by atoms with Gasteiger partial charge in [0.1, 0.15) is 0 Å². The van der Waals surface area contributed by atoms with Gasteiger partial charge in [0.05, 0.1) is 11.3 Å². The van der Waals surface area contributed by atoms with Crippen molar-refractivity contribution >= 4 is 28.3 Å². The van der Waals surface area contributed by atoms with Crippen LogP contribution in [0.3, 0.4) is 0 Å². The number of H-pyrrole nitrogens is 1. The van der Waals surface area contributed by atoms with Crippen LogP contribution < -0.4 is 0 Å². The molecule has 0 unspecified atom stereocenters. The summed E-state index contributed by atoms with van der Waals surface area (Å²) in [6, 6.07) is 37.8. The summed E-state index contributed by atoms with van der Waals surface area (Å²) in [5.41, 5.74) is 8.16. The average molecular weight is 458 g/mol. The van der Waals surface area contributed by atoms with E-state index in [1.807, 2.05) is 91.0 Å². The number of aromatic amines is 1. The van der Waals surface area contributed by atoms with Crippen LogP contribution >= 0.6 is 11.6 Å². The molecule has 3 heteroatoms. The zero-order valence-corrected chi connectivity index (χ0v) is 19.0. The lowest BCUT2D eigenvalue weighted by atomic mass is 9.93. The van der Waals surface area contributed by atoms with E-state index in [-0.39, 0.29) is 5.78 Å². The third kappa shape index (κ3) is 3.40. The molecule has 0 saturated carbocycles. The first-order valence-corrected chi connectivity index (χ1v) is 11.6. The highest BCUT2D eigenvalue weighted by molar-refractivity contribution is 6.30. The van der Waals surface area contributed by atoms with Crippen LogP contribution in [0.5, 0.6) is 0 Å². The average Bonchev–Trinajstić information content (AvgIpc) is 3.22. The van der Waals surface area contributed by atoms with Gasteiger partial charge in [-0.3, -0.25) is 4.79 Å². The van der Waals surface area contributed by atoms with Crippen LogP contribution in [-0.2, 0) is 0 Å². The highest BCUT2D eigenvalue weighted by atomic mass is 35.5. The molecule has 0 aromatic heterocycles. The van der Waals surface area contributed by atoms with E-state index < -0.39 is 0 Å². The lowest BCUT2D eigenvalue weighted by Crippen LogP contribution is -2.04. The number of hydrogen-bond donors (Lipinski definition) is 1. The van der Waals surface area contributed by atoms with Crippen molar-refractivity contribution in [3.8, 4) is 33.5 Å². The molecule has 162 valence electrons. The van der Waals surface area contributed by atoms with Crippen LogP contribution in [0.25, 0.3) is 44.4 Å². The number of benzene rings is 4. The third-order valence-electron chi connectivity index (χ3n) is 6.27. The Morgan fingerprint density at radius 1 is 0.647 bits per heavy atom. The molecular formula is C31H20ClNO. The predicted molar refractivity (Wildman–Crippen MR) is 141 cm³/mol. The Labute approximate surface area is 202 Å². The van der Waals surface area contributed by atoms with E-state index in [1.165, 1.54) is 0 Å². The molecule has 4 aromatic rings. The normalized spacial score (nSPS) is 11.2. The van der Waals surface area contributed by atoms with Crippen LogP contribution in [0.2, 0.25) is 5.02 Å². The molecule has 34 heavy (non-hydrogen) atoms. The predicted octanol–water partition coefficient (Wildman–Crippen LogP) is 8.49. The Kier molecular flexibility index (Phi) is 5.01. The number of ketones is 1. The summed E-state index contributed by atoms with van der Waals surface area (Å²) in [5, 5.41) is 1.76. The number of hydrogen-bond acceptors (Lipinski definition) is 1. The fourth-order valence-corrected chi connectivity index (χ4v) is 4.84. The molecule has 6 rings (SSSR count). The maximum atomic E-state index is 14.1. The van der Waals surface area contributed by atoms with E-state index in [4.69, 9.17) is 11.6 Å². The molecule has 4 aromatic carbocycles. The number of fused-ring (bicyclic) bond motifs is 2. The van der Waals surface area contributed by atoms with Crippen LogP contribution in [0.1, 0.15) is 15.9 Å². The van der Waals surface area contributed by atoms with Gasteiger partial charge in [0.25, 0.3) is 0 Å². The Morgan fingerprint density at radius 3 is 2.00 bits per heavy atom. The highest BCUT2D eigenvalue weighted by Crippen LogP contribution is 2.49. The first-order chi connectivity index (χ1) is 16.7. The molecule has 0 radical (unpaired) electrons. The number of aromatic nitrogens is 1. The number of para-hydroxylation sites is 1. The molecule has 2 nitrogen and oxygen atoms in total. The summed E-state index contributed by atoms with van der Waals surface area (Å²) in [6.07, 6.45) is 0. The van der Waals surface area contributed by atoms with Crippen LogP contribution in [0.4, 0.5) is 0 Å². The second-order valence-corrected chi connectivity index (χ2v) is 8.77. The van der Waals surface area contributed by atoms with Gasteiger partial charge in [-0.1, -0.05) is 103 Å². The van der Waals surface area contributed by atoms with Gasteiger partial charge < -0.3 is 4.98 Å². The van der Waals surface area contributed by atoms with Gasteiger partial charge in [-0.15, -0.1) is 0 Å². The fourth-order valence-electron chi connectivity index (χ4n) is 4.72. The van der Waals surface area contributed by atoms with Gasteiger partial charge in [0.2, 0.25) is 0 Å². The largest absolute Gasteiger partial charge is 0.354 e. The minimum atomic E-state index is -0.00994. The molecule has 0 bridgehead atoms. The summed E-state index contributed by atoms with van der Waals surface area (Å²) in [5.74, 6) is -0.00994. The summed E-state index contributed by atoms with van der Waals surface area (Å²) >= 11 is 6.23. The molecule has 2 aliphatic rings. The molecule has 1 aliphatic heterocycles. The number of carbonyl (C=O) groups is 1. The monoisotopic (exact) mass is 457 g/mol. The Hall–Kier alpha value is -4.14. The van der Waals surface area contributed by atoms with Gasteiger partial charge in [-0.05, 0) is 46.3 Å². The maximum absolute atomic E-state index is 14.1. The van der Waals surface area contributed by atoms with Crippen molar-refractivity contribution in [2.24, 2.45) is 0 Å². The Morgan fingerprint density at radius 2 is 1.26 bits per heavy atom. The smallest absolute Gasteiger partial charge is 0.195 e. The van der Waals surface area contributed by atoms with E-state index in [0.29, 0.717) is 16.1 Å². The quantitative estimate of drug-likeness (QED) is 0.264. The molecule has 0 amide bonds. The summed E-state index contributed by atoms with van der Waals surface area (Å²) in [7, 11) is 0. The van der Waals surface area contributed by atoms with Crippen molar-refractivity contribution in [1.29, 1.82) is 0 Å². The number of pyridine rings is 1. The van der Waals surface area contributed by atoms with E-state index in [1.54, 1.807) is 0 Å². The zero-order valence-electron chi connectivity index (χ0n) is 18.3. The van der Waals surface area contributed by atoms with E-state index in [0.717, 1.165) is 44.4 Å². The Bertz CT molecular complexity index is 1600. The number of nitrogens with one attached hydrogen (secondary N) is 1. The molecule has 0 saturated heterocycles. The lowest BCUT2D eigenvalue weighted by Gasteiger charge is -2.09. The first-order valence-electron chi connectivity index (χ1n) is 11.2. The van der Waals surface area contributed by atoms with Crippen molar-refractivity contribution in [2.45, 2.75) is 0 Å². The van der Waals surface area contributed by atoms with Gasteiger partial charge in [-0.25, -0.2) is 0 Å². The van der Waals surface area contributed by atoms with Crippen molar-refractivity contribution < 1.29 is 4.79 Å². The second kappa shape index (κ2) is 8.33. The van der Waals surface area contributed by atoms with Gasteiger partial charge in [-0.2, -0.15) is 0 Å². The van der Waals surface area contributed by atoms with Crippen LogP contribution in [0, 0.1) is 0 Å². The van der Waals surface area contributed by atoms with E-state index in [9.17, 15) is 4.79 Å². The SMILES string of the molecule is O=C(c1ccccc1)c1c2[nH]c3ccccc3cc-2c(-c2ccccc2)c1-c1ccc(Cl)cc1. The number of rotatable bonds is 4. The highest BCUT2D eigenvalue weighted by Gasteiger charge is 2.30. The molecular weight excluding hydrogens is 438 g/mol. The number of carbonyl (C=O) groups excluding carboxylic acids is 1. The topological polar surface area (TPSA) is 32.9 Å². The van der Waals surface area contributed by atoms with Crippen LogP contribution in [-0.4, -0.2) is 10.8 Å². The summed E-state index contributed by atoms with van der Waals surface area (Å²) in [6.45, 7) is 0. The summed E-state index contributed by atoms with van der Waals surface area (Å²) < 4.78 is 0. The molecule has 1 aliphatic carbocycles. The van der Waals surface area contributed by atoms with E-state index in [2.05, 4.69) is 29.2 Å². The molecule has 0 atom stereocenters. The summed E-state index contributed by atoms with van der Waals surface area (Å²) in [4.78, 5) is 17.6. The van der Waals surface area contributed by atoms with Gasteiger partial charge in [0.15, 0.2) is 5.78 Å². The van der Waals surface area contributed by atoms with Crippen molar-refractivity contribution in [1.82, 2.24) is 4.98 Å². The Balaban J connectivity index is 1.78. The minimum Gasteiger partial charge on any atom is -0.354 e. The van der Waals surface area contributed by atoms with Gasteiger partial charge >= 0.3 is 0 Å². The lowest BCUT2D eigenvalue weighted by molar-refractivity contribution is 0.104. The first kappa shape index (κ1) is 20.5. The minimum absolute atomic E-state index is 0.00994. The standard InChI is InChI=1S/C31H20ClNO/c32-24-17-15-21(16-18-24)28-27(20-9-3-1-4-10-20)25-19-23-13-7-8-14-26(23)33-30(25)29(28)31(34)22-11-5-2-6-12-22/h1-19,33H. The van der Waals surface area contributed by atoms with E-state index >= 15 is 0 Å². The van der Waals surface area contributed by atoms with Crippen molar-refractivity contribution in [3.05, 3.63) is 131 Å². The zero-order chi connectivity index (χ0) is 23.1. The van der Waals surface area contributed by atoms with Crippen LogP contribution in [0.15, 0.2) is 115 Å². The third-order valence-corrected chi connectivity index (χ3v) is 6.52. The second-order valence-electron chi connectivity index (χ2n) is 8.34. The molecule has 1 N–H and O–H groups in total. The van der Waals surface area contributed by atoms with Gasteiger partial charge in [0, 0.05) is 27.2 Å². The maximum Gasteiger partial charge on any atom is 0.195 e. The van der Waals surface area contributed by atoms with Crippen molar-refractivity contribution in [2.75, 3.05) is 0 Å². The number of halogens is 1. The molecule has 1 heterocycles. The molecule has 0 spiro atoms. The molecule has 0 fully saturated rings. The van der Waals surface area contributed by atoms with Crippen molar-refractivity contribution in [3.63, 3.8) is 0 Å². The fraction of sp³-hybridized carbons (Fsp3) is 0.